The maximum Gasteiger partial charge on any atom is 0.416 e. The van der Waals surface area contributed by atoms with Gasteiger partial charge in [-0.05, 0) is 37.2 Å². The van der Waals surface area contributed by atoms with E-state index >= 15 is 0 Å². The molecule has 2 heterocycles. The van der Waals surface area contributed by atoms with Crippen LogP contribution < -0.4 is 0 Å². The van der Waals surface area contributed by atoms with Crippen molar-refractivity contribution in [3.05, 3.63) is 35.9 Å². The van der Waals surface area contributed by atoms with Crippen molar-refractivity contribution in [2.24, 2.45) is 11.8 Å². The fourth-order valence-electron chi connectivity index (χ4n) is 5.14. The van der Waals surface area contributed by atoms with Gasteiger partial charge in [-0.25, -0.2) is 19.6 Å². The topological polar surface area (TPSA) is 85.4 Å². The summed E-state index contributed by atoms with van der Waals surface area (Å²) in [4.78, 5) is 45.1. The molecule has 1 saturated carbocycles. The Kier molecular flexibility index (Phi) is 8.34. The molecule has 3 aliphatic rings. The van der Waals surface area contributed by atoms with Crippen molar-refractivity contribution >= 4 is 18.4 Å². The van der Waals surface area contributed by atoms with Gasteiger partial charge in [0.2, 0.25) is 12.3 Å². The quantitative estimate of drug-likeness (QED) is 0.393. The Labute approximate surface area is 195 Å². The van der Waals surface area contributed by atoms with Crippen LogP contribution in [0.25, 0.3) is 0 Å². The number of rotatable bonds is 10. The summed E-state index contributed by atoms with van der Waals surface area (Å²) in [6.07, 6.45) is 7.78. The zero-order valence-corrected chi connectivity index (χ0v) is 19.1. The van der Waals surface area contributed by atoms with E-state index in [9.17, 15) is 14.4 Å². The Morgan fingerprint density at radius 1 is 1.15 bits per heavy atom. The van der Waals surface area contributed by atoms with Gasteiger partial charge in [0.15, 0.2) is 6.29 Å². The van der Waals surface area contributed by atoms with Crippen molar-refractivity contribution in [1.29, 1.82) is 0 Å². The number of hydrogen-bond donors (Lipinski definition) is 0. The highest BCUT2D eigenvalue weighted by Gasteiger charge is 2.42. The van der Waals surface area contributed by atoms with E-state index < -0.39 is 18.3 Å². The number of cyclic esters (lactones) is 1. The summed E-state index contributed by atoms with van der Waals surface area (Å²) in [7, 11) is 0. The SMILES string of the molecule is O=CN(CC(CC1CCCC1)C(=O)N1C(=O)OCC1Cc1ccccc1)OC1CCCCO1. The second-order valence-corrected chi connectivity index (χ2v) is 9.32. The van der Waals surface area contributed by atoms with Gasteiger partial charge < -0.3 is 9.47 Å². The van der Waals surface area contributed by atoms with E-state index in [0.717, 1.165) is 44.1 Å². The number of imide groups is 1. The molecule has 0 radical (unpaired) electrons. The van der Waals surface area contributed by atoms with Gasteiger partial charge in [0.05, 0.1) is 18.5 Å². The molecule has 33 heavy (non-hydrogen) atoms. The molecule has 0 spiro atoms. The Morgan fingerprint density at radius 3 is 2.61 bits per heavy atom. The smallest absolute Gasteiger partial charge is 0.416 e. The molecule has 1 aromatic carbocycles. The Bertz CT molecular complexity index is 791. The number of hydrogen-bond acceptors (Lipinski definition) is 6. The molecule has 1 aliphatic carbocycles. The van der Waals surface area contributed by atoms with Gasteiger partial charge in [-0.2, -0.15) is 0 Å². The van der Waals surface area contributed by atoms with Crippen LogP contribution in [0.5, 0.6) is 0 Å². The average Bonchev–Trinajstić information content (AvgIpc) is 3.48. The lowest BCUT2D eigenvalue weighted by molar-refractivity contribution is -0.276. The van der Waals surface area contributed by atoms with Gasteiger partial charge in [0.1, 0.15) is 6.61 Å². The van der Waals surface area contributed by atoms with E-state index in [2.05, 4.69) is 0 Å². The molecule has 0 aromatic heterocycles. The number of amides is 3. The lowest BCUT2D eigenvalue weighted by atomic mass is 9.91. The van der Waals surface area contributed by atoms with Crippen LogP contribution in [0.3, 0.4) is 0 Å². The van der Waals surface area contributed by atoms with Crippen LogP contribution >= 0.6 is 0 Å². The Morgan fingerprint density at radius 2 is 1.91 bits per heavy atom. The third-order valence-electron chi connectivity index (χ3n) is 6.86. The van der Waals surface area contributed by atoms with Crippen LogP contribution in [0.4, 0.5) is 4.79 Å². The van der Waals surface area contributed by atoms with Crippen molar-refractivity contribution in [2.45, 2.75) is 70.1 Å². The third kappa shape index (κ3) is 6.32. The number of nitrogens with zero attached hydrogens (tertiary/aromatic N) is 2. The number of hydroxylamine groups is 2. The van der Waals surface area contributed by atoms with Gasteiger partial charge in [-0.3, -0.25) is 9.59 Å². The first-order valence-corrected chi connectivity index (χ1v) is 12.2. The number of benzene rings is 1. The fourth-order valence-corrected chi connectivity index (χ4v) is 5.14. The molecule has 180 valence electrons. The summed E-state index contributed by atoms with van der Waals surface area (Å²) in [5.74, 6) is -0.416. The minimum absolute atomic E-state index is 0.0977. The van der Waals surface area contributed by atoms with E-state index in [0.29, 0.717) is 38.2 Å². The molecule has 0 N–H and O–H groups in total. The highest BCUT2D eigenvalue weighted by Crippen LogP contribution is 2.32. The highest BCUT2D eigenvalue weighted by atomic mass is 16.8. The zero-order chi connectivity index (χ0) is 23.0. The van der Waals surface area contributed by atoms with E-state index in [4.69, 9.17) is 14.3 Å². The fraction of sp³-hybridized carbons (Fsp3) is 0.640. The molecular formula is C25H34N2O6. The van der Waals surface area contributed by atoms with Crippen LogP contribution in [-0.4, -0.2) is 60.5 Å². The highest BCUT2D eigenvalue weighted by molar-refractivity contribution is 5.95. The van der Waals surface area contributed by atoms with Gasteiger partial charge in [-0.15, -0.1) is 0 Å². The first-order valence-electron chi connectivity index (χ1n) is 12.2. The lowest BCUT2D eigenvalue weighted by Gasteiger charge is -2.31. The first-order chi connectivity index (χ1) is 16.1. The normalized spacial score (nSPS) is 24.5. The predicted octanol–water partition coefficient (Wildman–Crippen LogP) is 3.69. The van der Waals surface area contributed by atoms with Crippen molar-refractivity contribution < 1.29 is 28.7 Å². The second-order valence-electron chi connectivity index (χ2n) is 9.32. The summed E-state index contributed by atoms with van der Waals surface area (Å²) in [6, 6.07) is 9.42. The minimum atomic E-state index is -0.605. The van der Waals surface area contributed by atoms with E-state index in [1.54, 1.807) is 0 Å². The van der Waals surface area contributed by atoms with Gasteiger partial charge in [0.25, 0.3) is 0 Å². The summed E-state index contributed by atoms with van der Waals surface area (Å²) in [6.45, 7) is 0.878. The Hall–Kier alpha value is -2.45. The molecule has 3 amide bonds. The summed E-state index contributed by atoms with van der Waals surface area (Å²) in [5.41, 5.74) is 1.04. The maximum absolute atomic E-state index is 13.7. The molecule has 8 heteroatoms. The molecule has 3 fully saturated rings. The lowest BCUT2D eigenvalue weighted by Crippen LogP contribution is -2.47. The van der Waals surface area contributed by atoms with Crippen LogP contribution in [-0.2, 0) is 30.3 Å². The van der Waals surface area contributed by atoms with Gasteiger partial charge in [-0.1, -0.05) is 56.0 Å². The summed E-state index contributed by atoms with van der Waals surface area (Å²) >= 11 is 0. The van der Waals surface area contributed by atoms with Crippen molar-refractivity contribution in [3.8, 4) is 0 Å². The van der Waals surface area contributed by atoms with Crippen molar-refractivity contribution in [1.82, 2.24) is 9.96 Å². The molecule has 4 rings (SSSR count). The number of ether oxygens (including phenoxy) is 2. The molecule has 1 aromatic rings. The zero-order valence-electron chi connectivity index (χ0n) is 19.1. The maximum atomic E-state index is 13.7. The predicted molar refractivity (Wildman–Crippen MR) is 120 cm³/mol. The Balaban J connectivity index is 1.47. The number of carbonyl (C=O) groups is 3. The molecule has 8 nitrogen and oxygen atoms in total. The van der Waals surface area contributed by atoms with Gasteiger partial charge in [0, 0.05) is 13.0 Å². The average molecular weight is 459 g/mol. The van der Waals surface area contributed by atoms with Crippen LogP contribution in [0, 0.1) is 11.8 Å². The monoisotopic (exact) mass is 458 g/mol. The summed E-state index contributed by atoms with van der Waals surface area (Å²) < 4.78 is 10.9. The van der Waals surface area contributed by atoms with Crippen LogP contribution in [0.1, 0.15) is 56.9 Å². The van der Waals surface area contributed by atoms with E-state index in [1.165, 1.54) is 9.96 Å². The standard InChI is InChI=1S/C25H34N2O6/c28-18-26(33-23-12-6-7-13-31-23)16-21(14-19-10-4-5-11-19)24(29)27-22(17-32-25(27)30)15-20-8-2-1-3-9-20/h1-3,8-9,18-19,21-23H,4-7,10-17H2. The van der Waals surface area contributed by atoms with Crippen LogP contribution in [0.15, 0.2) is 30.3 Å². The summed E-state index contributed by atoms with van der Waals surface area (Å²) in [5, 5.41) is 1.18. The molecule has 0 bridgehead atoms. The first kappa shape index (κ1) is 23.7. The van der Waals surface area contributed by atoms with Crippen LogP contribution in [0.2, 0.25) is 0 Å². The minimum Gasteiger partial charge on any atom is -0.447 e. The second kappa shape index (κ2) is 11.6. The van der Waals surface area contributed by atoms with E-state index in [1.807, 2.05) is 30.3 Å². The molecule has 2 saturated heterocycles. The number of carbonyl (C=O) groups excluding carboxylic acids is 3. The van der Waals surface area contributed by atoms with Crippen molar-refractivity contribution in [2.75, 3.05) is 19.8 Å². The molecule has 3 unspecified atom stereocenters. The molecule has 3 atom stereocenters. The van der Waals surface area contributed by atoms with Gasteiger partial charge >= 0.3 is 6.09 Å². The largest absolute Gasteiger partial charge is 0.447 e. The van der Waals surface area contributed by atoms with Crippen molar-refractivity contribution in [3.63, 3.8) is 0 Å². The molecule has 2 aliphatic heterocycles. The third-order valence-corrected chi connectivity index (χ3v) is 6.86. The van der Waals surface area contributed by atoms with E-state index in [-0.39, 0.29) is 25.1 Å². The molecular weight excluding hydrogens is 424 g/mol.